The number of hydrogen-bond donors (Lipinski definition) is 0. The summed E-state index contributed by atoms with van der Waals surface area (Å²) in [6, 6.07) is 0. The van der Waals surface area contributed by atoms with Gasteiger partial charge in [0, 0.05) is 0 Å². The minimum Gasteiger partial charge on any atom is -0.0628 e. The average molecular weight is 387 g/mol. The highest BCUT2D eigenvalue weighted by molar-refractivity contribution is 5.10. The maximum absolute atomic E-state index is 2.76. The lowest BCUT2D eigenvalue weighted by Crippen LogP contribution is -2.55. The highest BCUT2D eigenvalue weighted by Crippen LogP contribution is 2.69. The molecule has 4 aliphatic rings. The summed E-state index contributed by atoms with van der Waals surface area (Å²) in [4.78, 5) is 0. The fraction of sp³-hybridized carbons (Fsp3) is 1.00. The van der Waals surface area contributed by atoms with Crippen LogP contribution in [0.15, 0.2) is 0 Å². The van der Waals surface area contributed by atoms with Crippen LogP contribution in [0.25, 0.3) is 0 Å². The van der Waals surface area contributed by atoms with Crippen LogP contribution < -0.4 is 0 Å². The molecule has 0 nitrogen and oxygen atoms in total. The molecule has 0 aromatic carbocycles. The first-order valence-corrected chi connectivity index (χ1v) is 13.3. The Morgan fingerprint density at radius 2 is 1.57 bits per heavy atom. The van der Waals surface area contributed by atoms with Crippen molar-refractivity contribution in [3.63, 3.8) is 0 Å². The van der Waals surface area contributed by atoms with Gasteiger partial charge in [-0.3, -0.25) is 0 Å². The first-order chi connectivity index (χ1) is 13.3. The van der Waals surface area contributed by atoms with Crippen LogP contribution >= 0.6 is 0 Å². The second-order valence-corrected chi connectivity index (χ2v) is 13.0. The molecule has 2 unspecified atom stereocenters. The minimum absolute atomic E-state index is 0.657. The van der Waals surface area contributed by atoms with Crippen molar-refractivity contribution in [2.75, 3.05) is 0 Å². The highest BCUT2D eigenvalue weighted by Gasteiger charge is 2.61. The van der Waals surface area contributed by atoms with Crippen molar-refractivity contribution in [3.8, 4) is 0 Å². The van der Waals surface area contributed by atoms with E-state index in [9.17, 15) is 0 Å². The predicted octanol–water partition coefficient (Wildman–Crippen LogP) is 8.74. The van der Waals surface area contributed by atoms with Crippen molar-refractivity contribution < 1.29 is 0 Å². The van der Waals surface area contributed by atoms with E-state index >= 15 is 0 Å². The van der Waals surface area contributed by atoms with E-state index in [-0.39, 0.29) is 0 Å². The molecule has 28 heavy (non-hydrogen) atoms. The Hall–Kier alpha value is 0. The van der Waals surface area contributed by atoms with Gasteiger partial charge in [-0.25, -0.2) is 0 Å². The smallest absolute Gasteiger partial charge is 0.0264 e. The molecule has 9 atom stereocenters. The molecule has 0 bridgehead atoms. The minimum atomic E-state index is 0.657. The normalized spacial score (nSPS) is 49.4. The zero-order chi connectivity index (χ0) is 20.1. The Morgan fingerprint density at radius 1 is 0.821 bits per heavy atom. The zero-order valence-electron chi connectivity index (χ0n) is 20.1. The Labute approximate surface area is 177 Å². The van der Waals surface area contributed by atoms with Crippen molar-refractivity contribution >= 4 is 0 Å². The summed E-state index contributed by atoms with van der Waals surface area (Å²) in [7, 11) is 0. The van der Waals surface area contributed by atoms with Crippen molar-refractivity contribution in [1.82, 2.24) is 0 Å². The molecular weight excluding hydrogens is 336 g/mol. The van der Waals surface area contributed by atoms with E-state index < -0.39 is 0 Å². The lowest BCUT2D eigenvalue weighted by molar-refractivity contribution is -0.137. The lowest BCUT2D eigenvalue weighted by Gasteiger charge is -2.62. The highest BCUT2D eigenvalue weighted by atomic mass is 14.7. The molecule has 0 heterocycles. The van der Waals surface area contributed by atoms with Gasteiger partial charge in [0.25, 0.3) is 0 Å². The van der Waals surface area contributed by atoms with Crippen molar-refractivity contribution in [2.45, 2.75) is 119 Å². The molecule has 4 saturated carbocycles. The molecule has 4 rings (SSSR count). The third-order valence-corrected chi connectivity index (χ3v) is 11.1. The molecular formula is C28H50. The summed E-state index contributed by atoms with van der Waals surface area (Å²) < 4.78 is 0. The van der Waals surface area contributed by atoms with Crippen molar-refractivity contribution in [1.29, 1.82) is 0 Å². The van der Waals surface area contributed by atoms with Crippen LogP contribution in [0.4, 0.5) is 0 Å². The van der Waals surface area contributed by atoms with Gasteiger partial charge in [0.2, 0.25) is 0 Å². The van der Waals surface area contributed by atoms with Crippen molar-refractivity contribution in [2.24, 2.45) is 58.2 Å². The largest absolute Gasteiger partial charge is 0.0628 e. The SMILES string of the molecule is CC(C)CCC[C@@H](C)[C@H]1CC[C@H]2[C@@H]3C(C)CC4CCCC[C@]4(C)[C@H]3CC[C@]12C. The zero-order valence-corrected chi connectivity index (χ0v) is 20.1. The van der Waals surface area contributed by atoms with Crippen LogP contribution in [0, 0.1) is 58.2 Å². The van der Waals surface area contributed by atoms with Gasteiger partial charge in [-0.1, -0.05) is 73.6 Å². The van der Waals surface area contributed by atoms with E-state index in [1.807, 2.05) is 0 Å². The van der Waals surface area contributed by atoms with E-state index in [1.54, 1.807) is 44.9 Å². The maximum Gasteiger partial charge on any atom is -0.0264 e. The van der Waals surface area contributed by atoms with Gasteiger partial charge in [-0.05, 0) is 103 Å². The van der Waals surface area contributed by atoms with Gasteiger partial charge in [-0.15, -0.1) is 0 Å². The molecule has 4 aliphatic carbocycles. The molecule has 0 aromatic heterocycles. The molecule has 0 N–H and O–H groups in total. The predicted molar refractivity (Wildman–Crippen MR) is 122 cm³/mol. The van der Waals surface area contributed by atoms with E-state index in [2.05, 4.69) is 41.5 Å². The fourth-order valence-corrected chi connectivity index (χ4v) is 9.69. The lowest BCUT2D eigenvalue weighted by atomic mass is 9.42. The van der Waals surface area contributed by atoms with Crippen LogP contribution in [0.3, 0.4) is 0 Å². The van der Waals surface area contributed by atoms with Gasteiger partial charge < -0.3 is 0 Å². The van der Waals surface area contributed by atoms with Crippen LogP contribution in [-0.4, -0.2) is 0 Å². The summed E-state index contributed by atoms with van der Waals surface area (Å²) in [6.45, 7) is 15.6. The molecule has 0 amide bonds. The summed E-state index contributed by atoms with van der Waals surface area (Å²) in [6.07, 6.45) is 18.2. The van der Waals surface area contributed by atoms with Crippen LogP contribution in [-0.2, 0) is 0 Å². The average Bonchev–Trinajstić information content (AvgIpc) is 2.99. The first-order valence-electron chi connectivity index (χ1n) is 13.3. The fourth-order valence-electron chi connectivity index (χ4n) is 9.69. The van der Waals surface area contributed by atoms with E-state index in [4.69, 9.17) is 0 Å². The quantitative estimate of drug-likeness (QED) is 0.443. The topological polar surface area (TPSA) is 0 Å². The van der Waals surface area contributed by atoms with Gasteiger partial charge >= 0.3 is 0 Å². The summed E-state index contributed by atoms with van der Waals surface area (Å²) in [5.74, 6) is 8.01. The monoisotopic (exact) mass is 386 g/mol. The van der Waals surface area contributed by atoms with Crippen LogP contribution in [0.5, 0.6) is 0 Å². The van der Waals surface area contributed by atoms with Crippen LogP contribution in [0.2, 0.25) is 0 Å². The third kappa shape index (κ3) is 3.41. The Kier molecular flexibility index (Phi) is 6.01. The van der Waals surface area contributed by atoms with Crippen LogP contribution in [0.1, 0.15) is 119 Å². The van der Waals surface area contributed by atoms with E-state index in [1.165, 1.54) is 32.1 Å². The van der Waals surface area contributed by atoms with E-state index in [0.717, 1.165) is 47.3 Å². The maximum atomic E-state index is 2.76. The summed E-state index contributed by atoms with van der Waals surface area (Å²) in [5.41, 5.74) is 1.35. The third-order valence-electron chi connectivity index (χ3n) is 11.1. The van der Waals surface area contributed by atoms with Crippen molar-refractivity contribution in [3.05, 3.63) is 0 Å². The molecule has 0 heteroatoms. The molecule has 0 aliphatic heterocycles. The molecule has 162 valence electrons. The molecule has 4 fully saturated rings. The molecule has 0 aromatic rings. The second-order valence-electron chi connectivity index (χ2n) is 13.0. The molecule has 0 radical (unpaired) electrons. The number of hydrogen-bond acceptors (Lipinski definition) is 0. The summed E-state index contributed by atoms with van der Waals surface area (Å²) in [5, 5.41) is 0. The standard InChI is InChI=1S/C28H50/c1-19(2)10-9-11-20(3)23-13-14-24-26-21(4)18-22-12-7-8-16-27(22,5)25(26)15-17-28(23,24)6/h19-26H,7-18H2,1-6H3/t20-,21?,22?,23-,24+,25+,26+,27+,28-/m1/s1. The van der Waals surface area contributed by atoms with Gasteiger partial charge in [-0.2, -0.15) is 0 Å². The van der Waals surface area contributed by atoms with Gasteiger partial charge in [0.1, 0.15) is 0 Å². The first kappa shape index (κ1) is 21.2. The Bertz CT molecular complexity index is 534. The van der Waals surface area contributed by atoms with Gasteiger partial charge in [0.05, 0.1) is 0 Å². The number of rotatable bonds is 5. The second kappa shape index (κ2) is 7.92. The summed E-state index contributed by atoms with van der Waals surface area (Å²) >= 11 is 0. The van der Waals surface area contributed by atoms with E-state index in [0.29, 0.717) is 10.8 Å². The number of fused-ring (bicyclic) bond motifs is 5. The Morgan fingerprint density at radius 3 is 2.32 bits per heavy atom. The Balaban J connectivity index is 1.50. The van der Waals surface area contributed by atoms with Gasteiger partial charge in [0.15, 0.2) is 0 Å². The molecule has 0 saturated heterocycles. The molecule has 0 spiro atoms.